The van der Waals surface area contributed by atoms with Crippen molar-refractivity contribution >= 4 is 29.4 Å². The Morgan fingerprint density at radius 1 is 1.19 bits per heavy atom. The van der Waals surface area contributed by atoms with Crippen molar-refractivity contribution in [1.29, 1.82) is 0 Å². The molecule has 1 aliphatic heterocycles. The van der Waals surface area contributed by atoms with Gasteiger partial charge in [-0.05, 0) is 24.3 Å². The van der Waals surface area contributed by atoms with Crippen molar-refractivity contribution in [2.45, 2.75) is 11.0 Å². The van der Waals surface area contributed by atoms with Crippen LogP contribution in [0.5, 0.6) is 11.5 Å². The van der Waals surface area contributed by atoms with Crippen LogP contribution >= 0.6 is 11.8 Å². The van der Waals surface area contributed by atoms with E-state index < -0.39 is 5.91 Å². The fourth-order valence-corrected chi connectivity index (χ4v) is 3.34. The summed E-state index contributed by atoms with van der Waals surface area (Å²) in [5.74, 6) is 1.13. The van der Waals surface area contributed by atoms with Gasteiger partial charge < -0.3 is 25.4 Å². The highest BCUT2D eigenvalue weighted by Crippen LogP contribution is 2.31. The molecule has 2 aromatic carbocycles. The summed E-state index contributed by atoms with van der Waals surface area (Å²) in [4.78, 5) is 25.9. The number of nitrogens with two attached hydrogens (primary N) is 1. The predicted molar refractivity (Wildman–Crippen MR) is 104 cm³/mol. The number of anilines is 1. The summed E-state index contributed by atoms with van der Waals surface area (Å²) in [5.41, 5.74) is 5.83. The smallest absolute Gasteiger partial charge is 0.321 e. The Kier molecular flexibility index (Phi) is 6.08. The number of benzene rings is 2. The first-order valence-electron chi connectivity index (χ1n) is 8.43. The molecular weight excluding hydrogens is 366 g/mol. The summed E-state index contributed by atoms with van der Waals surface area (Å²) in [6.45, 7) is 0.746. The molecule has 27 heavy (non-hydrogen) atoms. The number of nitrogens with zero attached hydrogens (tertiary/aromatic N) is 1. The van der Waals surface area contributed by atoms with E-state index in [9.17, 15) is 9.59 Å². The number of primary amides is 1. The van der Waals surface area contributed by atoms with E-state index in [1.807, 2.05) is 42.5 Å². The molecule has 0 fully saturated rings. The third kappa shape index (κ3) is 5.07. The van der Waals surface area contributed by atoms with E-state index in [0.29, 0.717) is 30.3 Å². The standard InChI is InChI=1S/C19H21N3O4S/c1-22(10-13-11-25-15-7-3-4-8-16(15)26-13)19(24)21-14-6-2-5-9-17(14)27-12-18(20)23/h2-9,13H,10-12H2,1H3,(H2,20,23)(H,21,24). The number of amides is 3. The molecule has 7 nitrogen and oxygen atoms in total. The topological polar surface area (TPSA) is 93.9 Å². The Balaban J connectivity index is 1.58. The molecule has 0 aliphatic carbocycles. The lowest BCUT2D eigenvalue weighted by atomic mass is 10.2. The van der Waals surface area contributed by atoms with Gasteiger partial charge in [0.2, 0.25) is 5.91 Å². The third-order valence-corrected chi connectivity index (χ3v) is 4.99. The molecule has 0 saturated heterocycles. The van der Waals surface area contributed by atoms with Crippen LogP contribution in [0.1, 0.15) is 0 Å². The molecule has 2 aromatic rings. The van der Waals surface area contributed by atoms with Gasteiger partial charge >= 0.3 is 6.03 Å². The van der Waals surface area contributed by atoms with E-state index in [4.69, 9.17) is 15.2 Å². The molecule has 3 rings (SSSR count). The number of fused-ring (bicyclic) bond motifs is 1. The number of para-hydroxylation sites is 3. The predicted octanol–water partition coefficient (Wildman–Crippen LogP) is 2.57. The van der Waals surface area contributed by atoms with Crippen molar-refractivity contribution in [2.24, 2.45) is 5.73 Å². The monoisotopic (exact) mass is 387 g/mol. The number of nitrogens with one attached hydrogen (secondary N) is 1. The molecule has 3 amide bonds. The number of hydrogen-bond acceptors (Lipinski definition) is 5. The van der Waals surface area contributed by atoms with Gasteiger partial charge in [0.05, 0.1) is 18.0 Å². The molecule has 0 radical (unpaired) electrons. The molecule has 1 heterocycles. The number of ether oxygens (including phenoxy) is 2. The molecule has 1 atom stereocenters. The number of likely N-dealkylation sites (N-methyl/N-ethyl adjacent to an activating group) is 1. The second-order valence-corrected chi connectivity index (χ2v) is 7.08. The second-order valence-electron chi connectivity index (χ2n) is 6.06. The quantitative estimate of drug-likeness (QED) is 0.743. The Bertz CT molecular complexity index is 830. The molecule has 3 N–H and O–H groups in total. The van der Waals surface area contributed by atoms with Crippen LogP contribution < -0.4 is 20.5 Å². The van der Waals surface area contributed by atoms with Gasteiger partial charge in [-0.3, -0.25) is 4.79 Å². The maximum atomic E-state index is 12.5. The number of thioether (sulfide) groups is 1. The summed E-state index contributed by atoms with van der Waals surface area (Å²) in [5, 5.41) is 2.86. The normalized spacial score (nSPS) is 15.1. The van der Waals surface area contributed by atoms with Crippen molar-refractivity contribution in [1.82, 2.24) is 4.90 Å². The lowest BCUT2D eigenvalue weighted by molar-refractivity contribution is -0.115. The molecule has 1 aliphatic rings. The summed E-state index contributed by atoms with van der Waals surface area (Å²) in [6, 6.07) is 14.5. The molecule has 0 aromatic heterocycles. The molecule has 0 bridgehead atoms. The average molecular weight is 387 g/mol. The minimum absolute atomic E-state index is 0.148. The number of hydrogen-bond donors (Lipinski definition) is 2. The molecule has 8 heteroatoms. The third-order valence-electron chi connectivity index (χ3n) is 3.89. The van der Waals surface area contributed by atoms with Crippen LogP contribution in [-0.4, -0.2) is 48.9 Å². The van der Waals surface area contributed by atoms with Gasteiger partial charge in [0.15, 0.2) is 17.6 Å². The minimum Gasteiger partial charge on any atom is -0.486 e. The Labute approximate surface area is 161 Å². The Morgan fingerprint density at radius 3 is 2.67 bits per heavy atom. The van der Waals surface area contributed by atoms with Crippen LogP contribution in [0.15, 0.2) is 53.4 Å². The van der Waals surface area contributed by atoms with E-state index in [1.54, 1.807) is 13.1 Å². The van der Waals surface area contributed by atoms with Gasteiger partial charge in [-0.1, -0.05) is 24.3 Å². The molecule has 0 spiro atoms. The van der Waals surface area contributed by atoms with E-state index in [1.165, 1.54) is 16.7 Å². The first-order valence-corrected chi connectivity index (χ1v) is 9.42. The zero-order valence-corrected chi connectivity index (χ0v) is 15.7. The minimum atomic E-state index is -0.409. The van der Waals surface area contributed by atoms with Crippen molar-refractivity contribution in [2.75, 3.05) is 31.3 Å². The van der Waals surface area contributed by atoms with E-state index >= 15 is 0 Å². The number of carbonyl (C=O) groups excluding carboxylic acids is 2. The van der Waals surface area contributed by atoms with E-state index in [0.717, 1.165) is 4.90 Å². The van der Waals surface area contributed by atoms with E-state index in [-0.39, 0.29) is 17.9 Å². The molecule has 1 unspecified atom stereocenters. The van der Waals surface area contributed by atoms with Crippen molar-refractivity contribution in [3.8, 4) is 11.5 Å². The second kappa shape index (κ2) is 8.68. The maximum absolute atomic E-state index is 12.5. The Hall–Kier alpha value is -2.87. The largest absolute Gasteiger partial charge is 0.486 e. The Morgan fingerprint density at radius 2 is 1.89 bits per heavy atom. The molecular formula is C19H21N3O4S. The van der Waals surface area contributed by atoms with Crippen LogP contribution in [0.3, 0.4) is 0 Å². The fourth-order valence-electron chi connectivity index (χ4n) is 2.60. The molecule has 142 valence electrons. The number of rotatable bonds is 6. The van der Waals surface area contributed by atoms with Gasteiger partial charge in [0, 0.05) is 11.9 Å². The zero-order valence-electron chi connectivity index (χ0n) is 14.9. The van der Waals surface area contributed by atoms with Crippen LogP contribution in [-0.2, 0) is 4.79 Å². The SMILES string of the molecule is CN(CC1COc2ccccc2O1)C(=O)Nc1ccccc1SCC(N)=O. The van der Waals surface area contributed by atoms with Gasteiger partial charge in [-0.25, -0.2) is 4.79 Å². The number of carbonyl (C=O) groups is 2. The summed E-state index contributed by atoms with van der Waals surface area (Å²) < 4.78 is 11.6. The first kappa shape index (κ1) is 18.9. The average Bonchev–Trinajstić information content (AvgIpc) is 2.67. The van der Waals surface area contributed by atoms with Gasteiger partial charge in [0.25, 0.3) is 0 Å². The van der Waals surface area contributed by atoms with Crippen LogP contribution in [0.2, 0.25) is 0 Å². The highest BCUT2D eigenvalue weighted by atomic mass is 32.2. The maximum Gasteiger partial charge on any atom is 0.321 e. The summed E-state index contributed by atoms with van der Waals surface area (Å²) in [7, 11) is 1.69. The lowest BCUT2D eigenvalue weighted by Crippen LogP contribution is -2.43. The summed E-state index contributed by atoms with van der Waals surface area (Å²) >= 11 is 1.28. The van der Waals surface area contributed by atoms with Crippen LogP contribution in [0.25, 0.3) is 0 Å². The fraction of sp³-hybridized carbons (Fsp3) is 0.263. The highest BCUT2D eigenvalue weighted by Gasteiger charge is 2.24. The van der Waals surface area contributed by atoms with Gasteiger partial charge in [-0.15, -0.1) is 11.8 Å². The van der Waals surface area contributed by atoms with Crippen molar-refractivity contribution < 1.29 is 19.1 Å². The van der Waals surface area contributed by atoms with Crippen molar-refractivity contribution in [3.05, 3.63) is 48.5 Å². The first-order chi connectivity index (χ1) is 13.0. The van der Waals surface area contributed by atoms with Crippen LogP contribution in [0, 0.1) is 0 Å². The van der Waals surface area contributed by atoms with Gasteiger partial charge in [0.1, 0.15) is 6.61 Å². The molecule has 0 saturated carbocycles. The lowest BCUT2D eigenvalue weighted by Gasteiger charge is -2.29. The number of urea groups is 1. The zero-order chi connectivity index (χ0) is 19.2. The highest BCUT2D eigenvalue weighted by molar-refractivity contribution is 8.00. The van der Waals surface area contributed by atoms with Crippen molar-refractivity contribution in [3.63, 3.8) is 0 Å². The van der Waals surface area contributed by atoms with E-state index in [2.05, 4.69) is 5.32 Å². The summed E-state index contributed by atoms with van der Waals surface area (Å²) in [6.07, 6.45) is -0.255. The van der Waals surface area contributed by atoms with Crippen LogP contribution in [0.4, 0.5) is 10.5 Å². The van der Waals surface area contributed by atoms with Gasteiger partial charge in [-0.2, -0.15) is 0 Å².